The van der Waals surface area contributed by atoms with E-state index in [1.54, 1.807) is 13.1 Å². The molecule has 0 aliphatic carbocycles. The van der Waals surface area contributed by atoms with Crippen LogP contribution in [-0.4, -0.2) is 15.2 Å². The van der Waals surface area contributed by atoms with Gasteiger partial charge < -0.3 is 9.73 Å². The first kappa shape index (κ1) is 13.3. The summed E-state index contributed by atoms with van der Waals surface area (Å²) in [7, 11) is 0. The third kappa shape index (κ3) is 2.91. The van der Waals surface area contributed by atoms with Gasteiger partial charge >= 0.3 is 0 Å². The lowest BCUT2D eigenvalue weighted by Gasteiger charge is -2.11. The van der Waals surface area contributed by atoms with Gasteiger partial charge in [-0.1, -0.05) is 12.1 Å². The molecule has 1 aromatic carbocycles. The molecule has 0 aliphatic heterocycles. The summed E-state index contributed by atoms with van der Waals surface area (Å²) in [5, 5.41) is 11.4. The fourth-order valence-corrected chi connectivity index (χ4v) is 2.10. The number of aryl methyl sites for hydroxylation is 2. The van der Waals surface area contributed by atoms with E-state index in [0.717, 1.165) is 16.8 Å². The van der Waals surface area contributed by atoms with Gasteiger partial charge in [0.15, 0.2) is 0 Å². The van der Waals surface area contributed by atoms with Gasteiger partial charge in [0.2, 0.25) is 11.8 Å². The highest BCUT2D eigenvalue weighted by Gasteiger charge is 2.10. The Hall–Kier alpha value is -2.69. The maximum Gasteiger partial charge on any atom is 0.249 e. The van der Waals surface area contributed by atoms with E-state index < -0.39 is 0 Å². The van der Waals surface area contributed by atoms with Crippen molar-refractivity contribution in [2.45, 2.75) is 20.4 Å². The SMILES string of the molecule is Cc1nnc(-c2ccccc2NCc2cnccc2C)o1. The maximum absolute atomic E-state index is 5.51. The van der Waals surface area contributed by atoms with Crippen LogP contribution >= 0.6 is 0 Å². The second kappa shape index (κ2) is 5.75. The molecule has 0 spiro atoms. The monoisotopic (exact) mass is 280 g/mol. The van der Waals surface area contributed by atoms with Crippen LogP contribution in [0, 0.1) is 13.8 Å². The van der Waals surface area contributed by atoms with Crippen LogP contribution in [0.2, 0.25) is 0 Å². The molecule has 0 fully saturated rings. The van der Waals surface area contributed by atoms with E-state index in [-0.39, 0.29) is 0 Å². The molecule has 0 amide bonds. The predicted octanol–water partition coefficient (Wildman–Crippen LogP) is 3.36. The molecule has 5 nitrogen and oxygen atoms in total. The Kier molecular flexibility index (Phi) is 3.64. The molecule has 0 radical (unpaired) electrons. The van der Waals surface area contributed by atoms with Gasteiger partial charge in [-0.25, -0.2) is 0 Å². The minimum Gasteiger partial charge on any atom is -0.421 e. The van der Waals surface area contributed by atoms with E-state index in [1.807, 2.05) is 36.5 Å². The highest BCUT2D eigenvalue weighted by atomic mass is 16.4. The smallest absolute Gasteiger partial charge is 0.249 e. The number of rotatable bonds is 4. The van der Waals surface area contributed by atoms with Crippen molar-refractivity contribution in [3.8, 4) is 11.5 Å². The minimum atomic E-state index is 0.526. The van der Waals surface area contributed by atoms with Crippen molar-refractivity contribution in [2.24, 2.45) is 0 Å². The van der Waals surface area contributed by atoms with E-state index in [2.05, 4.69) is 27.4 Å². The fourth-order valence-electron chi connectivity index (χ4n) is 2.10. The number of pyridine rings is 1. The normalized spacial score (nSPS) is 10.6. The Bertz CT molecular complexity index is 751. The first-order chi connectivity index (χ1) is 10.2. The second-order valence-electron chi connectivity index (χ2n) is 4.83. The third-order valence-electron chi connectivity index (χ3n) is 3.30. The van der Waals surface area contributed by atoms with Crippen LogP contribution in [0.1, 0.15) is 17.0 Å². The molecule has 0 unspecified atom stereocenters. The summed E-state index contributed by atoms with van der Waals surface area (Å²) in [6.07, 6.45) is 3.68. The molecule has 0 saturated carbocycles. The molecule has 21 heavy (non-hydrogen) atoms. The van der Waals surface area contributed by atoms with Gasteiger partial charge in [-0.15, -0.1) is 10.2 Å². The number of hydrogen-bond acceptors (Lipinski definition) is 5. The number of para-hydroxylation sites is 1. The van der Waals surface area contributed by atoms with Gasteiger partial charge in [-0.2, -0.15) is 0 Å². The molecule has 106 valence electrons. The number of anilines is 1. The van der Waals surface area contributed by atoms with Crippen molar-refractivity contribution in [1.82, 2.24) is 15.2 Å². The van der Waals surface area contributed by atoms with Crippen LogP contribution in [0.3, 0.4) is 0 Å². The van der Waals surface area contributed by atoms with E-state index in [4.69, 9.17) is 4.42 Å². The van der Waals surface area contributed by atoms with Gasteiger partial charge in [0.25, 0.3) is 0 Å². The number of nitrogens with zero attached hydrogens (tertiary/aromatic N) is 3. The highest BCUT2D eigenvalue weighted by Crippen LogP contribution is 2.27. The summed E-state index contributed by atoms with van der Waals surface area (Å²) >= 11 is 0. The minimum absolute atomic E-state index is 0.526. The maximum atomic E-state index is 5.51. The van der Waals surface area contributed by atoms with Gasteiger partial charge in [0, 0.05) is 31.5 Å². The Morgan fingerprint density at radius 2 is 1.95 bits per heavy atom. The van der Waals surface area contributed by atoms with Crippen molar-refractivity contribution in [3.05, 3.63) is 59.7 Å². The lowest BCUT2D eigenvalue weighted by molar-refractivity contribution is 0.533. The number of hydrogen-bond donors (Lipinski definition) is 1. The molecule has 0 saturated heterocycles. The predicted molar refractivity (Wildman–Crippen MR) is 80.8 cm³/mol. The van der Waals surface area contributed by atoms with Crippen molar-refractivity contribution in [3.63, 3.8) is 0 Å². The van der Waals surface area contributed by atoms with Crippen LogP contribution in [0.25, 0.3) is 11.5 Å². The topological polar surface area (TPSA) is 63.8 Å². The first-order valence-electron chi connectivity index (χ1n) is 6.77. The summed E-state index contributed by atoms with van der Waals surface area (Å²) in [4.78, 5) is 4.16. The largest absolute Gasteiger partial charge is 0.421 e. The number of nitrogens with one attached hydrogen (secondary N) is 1. The molecular formula is C16H16N4O. The van der Waals surface area contributed by atoms with Crippen LogP contribution in [0.5, 0.6) is 0 Å². The van der Waals surface area contributed by atoms with Gasteiger partial charge in [-0.05, 0) is 36.2 Å². The summed E-state index contributed by atoms with van der Waals surface area (Å²) in [6.45, 7) is 4.56. The average molecular weight is 280 g/mol. The summed E-state index contributed by atoms with van der Waals surface area (Å²) < 4.78 is 5.51. The van der Waals surface area contributed by atoms with Crippen molar-refractivity contribution < 1.29 is 4.42 Å². The molecule has 2 aromatic heterocycles. The molecule has 5 heteroatoms. The number of aromatic nitrogens is 3. The van der Waals surface area contributed by atoms with Crippen molar-refractivity contribution in [1.29, 1.82) is 0 Å². The molecule has 1 N–H and O–H groups in total. The van der Waals surface area contributed by atoms with Crippen LogP contribution in [0.4, 0.5) is 5.69 Å². The molecule has 0 bridgehead atoms. The van der Waals surface area contributed by atoms with Crippen molar-refractivity contribution >= 4 is 5.69 Å². The second-order valence-corrected chi connectivity index (χ2v) is 4.83. The zero-order valence-corrected chi connectivity index (χ0v) is 12.0. The first-order valence-corrected chi connectivity index (χ1v) is 6.77. The number of benzene rings is 1. The Morgan fingerprint density at radius 1 is 1.10 bits per heavy atom. The Balaban J connectivity index is 1.85. The molecule has 3 aromatic rings. The van der Waals surface area contributed by atoms with E-state index >= 15 is 0 Å². The summed E-state index contributed by atoms with van der Waals surface area (Å²) in [5.41, 5.74) is 4.24. The van der Waals surface area contributed by atoms with Crippen LogP contribution in [0.15, 0.2) is 47.1 Å². The quantitative estimate of drug-likeness (QED) is 0.794. The average Bonchev–Trinajstić information content (AvgIpc) is 2.93. The highest BCUT2D eigenvalue weighted by molar-refractivity contribution is 5.72. The zero-order valence-electron chi connectivity index (χ0n) is 12.0. The summed E-state index contributed by atoms with van der Waals surface area (Å²) in [5.74, 6) is 1.08. The standard InChI is InChI=1S/C16H16N4O/c1-11-7-8-17-9-13(11)10-18-15-6-4-3-5-14(15)16-20-19-12(2)21-16/h3-9,18H,10H2,1-2H3. The molecule has 2 heterocycles. The third-order valence-corrected chi connectivity index (χ3v) is 3.30. The van der Waals surface area contributed by atoms with E-state index in [1.165, 1.54) is 5.56 Å². The zero-order chi connectivity index (χ0) is 14.7. The van der Waals surface area contributed by atoms with Gasteiger partial charge in [0.05, 0.1) is 5.56 Å². The molecular weight excluding hydrogens is 264 g/mol. The lowest BCUT2D eigenvalue weighted by Crippen LogP contribution is -2.03. The molecule has 3 rings (SSSR count). The van der Waals surface area contributed by atoms with E-state index in [9.17, 15) is 0 Å². The van der Waals surface area contributed by atoms with Crippen LogP contribution in [-0.2, 0) is 6.54 Å². The Labute approximate surface area is 123 Å². The van der Waals surface area contributed by atoms with Gasteiger partial charge in [-0.3, -0.25) is 4.98 Å². The van der Waals surface area contributed by atoms with Gasteiger partial charge in [0.1, 0.15) is 0 Å². The van der Waals surface area contributed by atoms with Crippen molar-refractivity contribution in [2.75, 3.05) is 5.32 Å². The molecule has 0 atom stereocenters. The summed E-state index contributed by atoms with van der Waals surface area (Å²) in [6, 6.07) is 9.90. The fraction of sp³-hybridized carbons (Fsp3) is 0.188. The molecule has 0 aliphatic rings. The van der Waals surface area contributed by atoms with Crippen LogP contribution < -0.4 is 5.32 Å². The van der Waals surface area contributed by atoms with E-state index in [0.29, 0.717) is 18.3 Å². The lowest BCUT2D eigenvalue weighted by atomic mass is 10.1. The Morgan fingerprint density at radius 3 is 2.71 bits per heavy atom.